The highest BCUT2D eigenvalue weighted by molar-refractivity contribution is 5.75. The van der Waals surface area contributed by atoms with Crippen molar-refractivity contribution in [3.8, 4) is 0 Å². The monoisotopic (exact) mass is 349 g/mol. The molecule has 1 atom stereocenters. The average Bonchev–Trinajstić information content (AvgIpc) is 2.69. The standard InChI is InChI=1S/C21H20FN3O/c22-18-11-5-4-8-16(18)13-15-24-21(26)25-20(17-9-2-1-3-10-17)19-12-6-7-14-23-19/h1-12,14,20H,13,15H2,(H2,24,25,26)/t20-/m0/s1. The summed E-state index contributed by atoms with van der Waals surface area (Å²) < 4.78 is 13.6. The normalized spacial score (nSPS) is 11.6. The van der Waals surface area contributed by atoms with Gasteiger partial charge in [0, 0.05) is 12.7 Å². The highest BCUT2D eigenvalue weighted by Crippen LogP contribution is 2.19. The second kappa shape index (κ2) is 8.76. The van der Waals surface area contributed by atoms with Crippen molar-refractivity contribution in [2.24, 2.45) is 0 Å². The maximum atomic E-state index is 13.6. The van der Waals surface area contributed by atoms with Crippen LogP contribution in [0.5, 0.6) is 0 Å². The largest absolute Gasteiger partial charge is 0.338 e. The smallest absolute Gasteiger partial charge is 0.315 e. The Labute approximate surface area is 152 Å². The lowest BCUT2D eigenvalue weighted by Crippen LogP contribution is -2.39. The molecule has 2 N–H and O–H groups in total. The van der Waals surface area contributed by atoms with Crippen LogP contribution in [-0.4, -0.2) is 17.6 Å². The van der Waals surface area contributed by atoms with Gasteiger partial charge in [-0.05, 0) is 35.7 Å². The number of benzene rings is 2. The molecule has 2 aromatic carbocycles. The van der Waals surface area contributed by atoms with Crippen molar-refractivity contribution in [1.82, 2.24) is 15.6 Å². The first-order valence-corrected chi connectivity index (χ1v) is 8.47. The van der Waals surface area contributed by atoms with E-state index in [0.29, 0.717) is 18.5 Å². The van der Waals surface area contributed by atoms with Crippen LogP contribution in [0.2, 0.25) is 0 Å². The maximum Gasteiger partial charge on any atom is 0.315 e. The van der Waals surface area contributed by atoms with Crippen molar-refractivity contribution in [3.63, 3.8) is 0 Å². The quantitative estimate of drug-likeness (QED) is 0.710. The molecule has 0 unspecified atom stereocenters. The maximum absolute atomic E-state index is 13.6. The van der Waals surface area contributed by atoms with Gasteiger partial charge in [0.2, 0.25) is 0 Å². The molecule has 5 heteroatoms. The second-order valence-corrected chi connectivity index (χ2v) is 5.84. The van der Waals surface area contributed by atoms with E-state index in [9.17, 15) is 9.18 Å². The zero-order valence-electron chi connectivity index (χ0n) is 14.2. The molecule has 0 bridgehead atoms. The van der Waals surface area contributed by atoms with Crippen LogP contribution in [0.25, 0.3) is 0 Å². The van der Waals surface area contributed by atoms with Crippen LogP contribution in [0.15, 0.2) is 79.0 Å². The predicted molar refractivity (Wildman–Crippen MR) is 99.2 cm³/mol. The molecule has 0 aliphatic heterocycles. The SMILES string of the molecule is O=C(NCCc1ccccc1F)N[C@@H](c1ccccc1)c1ccccn1. The third-order valence-corrected chi connectivity index (χ3v) is 4.03. The van der Waals surface area contributed by atoms with E-state index >= 15 is 0 Å². The Bertz CT molecular complexity index is 801. The molecule has 0 aliphatic carbocycles. The summed E-state index contributed by atoms with van der Waals surface area (Å²) in [7, 11) is 0. The Morgan fingerprint density at radius 2 is 1.69 bits per heavy atom. The van der Waals surface area contributed by atoms with Gasteiger partial charge < -0.3 is 10.6 Å². The number of hydrogen-bond acceptors (Lipinski definition) is 2. The molecule has 0 fully saturated rings. The molecule has 0 aliphatic rings. The average molecular weight is 349 g/mol. The molecule has 3 aromatic rings. The number of aromatic nitrogens is 1. The van der Waals surface area contributed by atoms with Gasteiger partial charge in [0.25, 0.3) is 0 Å². The molecule has 0 saturated heterocycles. The highest BCUT2D eigenvalue weighted by atomic mass is 19.1. The predicted octanol–water partition coefficient (Wildman–Crippen LogP) is 3.85. The second-order valence-electron chi connectivity index (χ2n) is 5.84. The summed E-state index contributed by atoms with van der Waals surface area (Å²) in [6.45, 7) is 0.344. The van der Waals surface area contributed by atoms with Crippen molar-refractivity contribution in [2.75, 3.05) is 6.54 Å². The number of urea groups is 1. The van der Waals surface area contributed by atoms with Crippen LogP contribution >= 0.6 is 0 Å². The molecule has 4 nitrogen and oxygen atoms in total. The number of amides is 2. The van der Waals surface area contributed by atoms with E-state index in [2.05, 4.69) is 15.6 Å². The minimum atomic E-state index is -0.356. The number of nitrogens with zero attached hydrogens (tertiary/aromatic N) is 1. The van der Waals surface area contributed by atoms with E-state index in [4.69, 9.17) is 0 Å². The number of nitrogens with one attached hydrogen (secondary N) is 2. The molecule has 26 heavy (non-hydrogen) atoms. The number of halogens is 1. The molecule has 0 spiro atoms. The molecule has 1 aromatic heterocycles. The summed E-state index contributed by atoms with van der Waals surface area (Å²) in [4.78, 5) is 16.7. The number of hydrogen-bond donors (Lipinski definition) is 2. The zero-order valence-corrected chi connectivity index (χ0v) is 14.2. The summed E-state index contributed by atoms with van der Waals surface area (Å²) in [6, 6.07) is 21.1. The molecule has 2 amide bonds. The van der Waals surface area contributed by atoms with Crippen molar-refractivity contribution >= 4 is 6.03 Å². The van der Waals surface area contributed by atoms with Crippen molar-refractivity contribution in [2.45, 2.75) is 12.5 Å². The zero-order chi connectivity index (χ0) is 18.2. The fraction of sp³-hybridized carbons (Fsp3) is 0.143. The number of carbonyl (C=O) groups excluding carboxylic acids is 1. The fourth-order valence-electron chi connectivity index (χ4n) is 2.71. The van der Waals surface area contributed by atoms with Gasteiger partial charge in [0.15, 0.2) is 0 Å². The molecule has 132 valence electrons. The third kappa shape index (κ3) is 4.66. The lowest BCUT2D eigenvalue weighted by molar-refractivity contribution is 0.238. The van der Waals surface area contributed by atoms with Crippen LogP contribution in [-0.2, 0) is 6.42 Å². The highest BCUT2D eigenvalue weighted by Gasteiger charge is 2.17. The first-order valence-electron chi connectivity index (χ1n) is 8.47. The van der Waals surface area contributed by atoms with E-state index < -0.39 is 0 Å². The Hall–Kier alpha value is -3.21. The minimum Gasteiger partial charge on any atom is -0.338 e. The van der Waals surface area contributed by atoms with E-state index in [1.54, 1.807) is 24.4 Å². The third-order valence-electron chi connectivity index (χ3n) is 4.03. The fourth-order valence-corrected chi connectivity index (χ4v) is 2.71. The Morgan fingerprint density at radius 1 is 0.962 bits per heavy atom. The van der Waals surface area contributed by atoms with Crippen molar-refractivity contribution < 1.29 is 9.18 Å². The van der Waals surface area contributed by atoms with E-state index in [1.807, 2.05) is 48.5 Å². The summed E-state index contributed by atoms with van der Waals surface area (Å²) in [6.07, 6.45) is 2.13. The Balaban J connectivity index is 1.63. The summed E-state index contributed by atoms with van der Waals surface area (Å²) in [5.74, 6) is -0.259. The van der Waals surface area contributed by atoms with Crippen LogP contribution in [0.3, 0.4) is 0 Å². The first-order chi connectivity index (χ1) is 12.7. The van der Waals surface area contributed by atoms with Crippen LogP contribution < -0.4 is 10.6 Å². The van der Waals surface area contributed by atoms with Gasteiger partial charge in [-0.25, -0.2) is 9.18 Å². The summed E-state index contributed by atoms with van der Waals surface area (Å²) >= 11 is 0. The molecule has 0 saturated carbocycles. The molecule has 1 heterocycles. The minimum absolute atomic E-state index is 0.259. The van der Waals surface area contributed by atoms with E-state index in [-0.39, 0.29) is 17.9 Å². The van der Waals surface area contributed by atoms with Crippen molar-refractivity contribution in [3.05, 3.63) is 102 Å². The van der Waals surface area contributed by atoms with E-state index in [0.717, 1.165) is 11.3 Å². The summed E-state index contributed by atoms with van der Waals surface area (Å²) in [5.41, 5.74) is 2.27. The molecular formula is C21H20FN3O. The Kier molecular flexibility index (Phi) is 5.93. The number of rotatable bonds is 6. The van der Waals surface area contributed by atoms with Crippen LogP contribution in [0.4, 0.5) is 9.18 Å². The van der Waals surface area contributed by atoms with Crippen molar-refractivity contribution in [1.29, 1.82) is 0 Å². The molecular weight excluding hydrogens is 329 g/mol. The van der Waals surface area contributed by atoms with Gasteiger partial charge in [0.1, 0.15) is 5.82 Å². The van der Waals surface area contributed by atoms with Gasteiger partial charge in [-0.3, -0.25) is 4.98 Å². The van der Waals surface area contributed by atoms with Crippen LogP contribution in [0, 0.1) is 5.82 Å². The lowest BCUT2D eigenvalue weighted by Gasteiger charge is -2.19. The molecule has 0 radical (unpaired) electrons. The lowest BCUT2D eigenvalue weighted by atomic mass is 10.0. The topological polar surface area (TPSA) is 54.0 Å². The Morgan fingerprint density at radius 3 is 2.42 bits per heavy atom. The molecule has 3 rings (SSSR count). The summed E-state index contributed by atoms with van der Waals surface area (Å²) in [5, 5.41) is 5.73. The van der Waals surface area contributed by atoms with E-state index in [1.165, 1.54) is 6.07 Å². The number of carbonyl (C=O) groups is 1. The van der Waals surface area contributed by atoms with Gasteiger partial charge in [0.05, 0.1) is 11.7 Å². The van der Waals surface area contributed by atoms with Gasteiger partial charge in [-0.2, -0.15) is 0 Å². The first kappa shape index (κ1) is 17.6. The number of pyridine rings is 1. The van der Waals surface area contributed by atoms with Gasteiger partial charge in [-0.15, -0.1) is 0 Å². The van der Waals surface area contributed by atoms with Gasteiger partial charge in [-0.1, -0.05) is 54.6 Å². The van der Waals surface area contributed by atoms with Gasteiger partial charge >= 0.3 is 6.03 Å². The van der Waals surface area contributed by atoms with Crippen LogP contribution in [0.1, 0.15) is 22.9 Å².